The first-order chi connectivity index (χ1) is 13.3. The van der Waals surface area contributed by atoms with Gasteiger partial charge in [-0.05, 0) is 42.8 Å². The van der Waals surface area contributed by atoms with Crippen molar-refractivity contribution in [1.29, 1.82) is 0 Å². The first-order valence-electron chi connectivity index (χ1n) is 8.19. The van der Waals surface area contributed by atoms with E-state index in [4.69, 9.17) is 22.1 Å². The van der Waals surface area contributed by atoms with Crippen molar-refractivity contribution < 1.29 is 24.2 Å². The molecule has 1 aliphatic heterocycles. The Kier molecular flexibility index (Phi) is 5.91. The minimum atomic E-state index is -1.07. The highest BCUT2D eigenvalue weighted by atomic mass is 32.2. The van der Waals surface area contributed by atoms with E-state index in [2.05, 4.69) is 0 Å². The Hall–Kier alpha value is -2.97. The molecule has 0 saturated carbocycles. The van der Waals surface area contributed by atoms with Crippen LogP contribution in [0.5, 0.6) is 5.75 Å². The average molecular weight is 413 g/mol. The standard InChI is InChI=1S/C20H15NO5S2/c1-12(22)14-5-3-6-15(10-14)21-19(25)17(28-20(21)27)9-13-4-2-7-16(8-13)26-11-18(23)24/h2-10H,11H2,1H3,(H,23,24)/b17-9+. The first-order valence-corrected chi connectivity index (χ1v) is 9.41. The highest BCUT2D eigenvalue weighted by Gasteiger charge is 2.33. The van der Waals surface area contributed by atoms with Crippen molar-refractivity contribution in [1.82, 2.24) is 0 Å². The van der Waals surface area contributed by atoms with E-state index in [0.717, 1.165) is 11.8 Å². The van der Waals surface area contributed by atoms with Gasteiger partial charge in [0.2, 0.25) is 0 Å². The number of thioether (sulfide) groups is 1. The second-order valence-corrected chi connectivity index (χ2v) is 7.55. The summed E-state index contributed by atoms with van der Waals surface area (Å²) in [5.41, 5.74) is 1.72. The summed E-state index contributed by atoms with van der Waals surface area (Å²) in [4.78, 5) is 36.9. The number of carbonyl (C=O) groups excluding carboxylic acids is 2. The molecule has 1 fully saturated rings. The largest absolute Gasteiger partial charge is 0.482 e. The number of amides is 1. The number of thiocarbonyl (C=S) groups is 1. The van der Waals surface area contributed by atoms with E-state index in [9.17, 15) is 14.4 Å². The van der Waals surface area contributed by atoms with Crippen LogP contribution in [-0.2, 0) is 9.59 Å². The van der Waals surface area contributed by atoms with Crippen LogP contribution in [0.15, 0.2) is 53.4 Å². The van der Waals surface area contributed by atoms with Crippen molar-refractivity contribution in [3.63, 3.8) is 0 Å². The van der Waals surface area contributed by atoms with Crippen molar-refractivity contribution in [2.75, 3.05) is 11.5 Å². The monoisotopic (exact) mass is 413 g/mol. The minimum absolute atomic E-state index is 0.0963. The first kappa shape index (κ1) is 19.8. The van der Waals surface area contributed by atoms with Crippen LogP contribution in [-0.4, -0.2) is 33.7 Å². The zero-order valence-corrected chi connectivity index (χ0v) is 16.4. The summed E-state index contributed by atoms with van der Waals surface area (Å²) < 4.78 is 5.53. The molecule has 0 radical (unpaired) electrons. The number of ether oxygens (including phenoxy) is 1. The molecule has 1 amide bonds. The van der Waals surface area contributed by atoms with Crippen LogP contribution in [0.4, 0.5) is 5.69 Å². The van der Waals surface area contributed by atoms with Gasteiger partial charge in [-0.25, -0.2) is 4.79 Å². The molecule has 1 aliphatic rings. The third-order valence-electron chi connectivity index (χ3n) is 3.82. The van der Waals surface area contributed by atoms with Gasteiger partial charge >= 0.3 is 5.97 Å². The SMILES string of the molecule is CC(=O)c1cccc(N2C(=O)/C(=C\c3cccc(OCC(=O)O)c3)SC2=S)c1. The molecule has 0 aliphatic carbocycles. The van der Waals surface area contributed by atoms with Crippen LogP contribution in [0.2, 0.25) is 0 Å². The van der Waals surface area contributed by atoms with Gasteiger partial charge in [0.25, 0.3) is 5.91 Å². The summed E-state index contributed by atoms with van der Waals surface area (Å²) in [6.07, 6.45) is 1.67. The molecular weight excluding hydrogens is 398 g/mol. The van der Waals surface area contributed by atoms with Crippen molar-refractivity contribution in [3.8, 4) is 5.75 Å². The number of carboxylic acids is 1. The fourth-order valence-electron chi connectivity index (χ4n) is 2.54. The minimum Gasteiger partial charge on any atom is -0.482 e. The third-order valence-corrected chi connectivity index (χ3v) is 5.12. The summed E-state index contributed by atoms with van der Waals surface area (Å²) in [6.45, 7) is 1.01. The Balaban J connectivity index is 1.85. The predicted molar refractivity (Wildman–Crippen MR) is 112 cm³/mol. The number of hydrogen-bond donors (Lipinski definition) is 1. The Morgan fingerprint density at radius 3 is 2.68 bits per heavy atom. The van der Waals surface area contributed by atoms with E-state index >= 15 is 0 Å². The van der Waals surface area contributed by atoms with E-state index in [1.165, 1.54) is 11.8 Å². The number of carbonyl (C=O) groups is 3. The summed E-state index contributed by atoms with van der Waals surface area (Å²) in [6, 6.07) is 13.5. The molecule has 2 aromatic rings. The number of benzene rings is 2. The lowest BCUT2D eigenvalue weighted by molar-refractivity contribution is -0.139. The van der Waals surface area contributed by atoms with Gasteiger partial charge in [-0.1, -0.05) is 48.2 Å². The Bertz CT molecular complexity index is 1020. The van der Waals surface area contributed by atoms with E-state index in [1.807, 2.05) is 0 Å². The molecule has 0 spiro atoms. The second kappa shape index (κ2) is 8.37. The molecule has 0 aromatic heterocycles. The maximum Gasteiger partial charge on any atom is 0.341 e. The maximum atomic E-state index is 12.9. The van der Waals surface area contributed by atoms with Gasteiger partial charge < -0.3 is 9.84 Å². The Morgan fingerprint density at radius 2 is 1.96 bits per heavy atom. The van der Waals surface area contributed by atoms with Crippen LogP contribution in [0.3, 0.4) is 0 Å². The molecule has 0 bridgehead atoms. The molecule has 3 rings (SSSR count). The molecule has 6 nitrogen and oxygen atoms in total. The Morgan fingerprint density at radius 1 is 1.21 bits per heavy atom. The molecule has 0 unspecified atom stereocenters. The normalized spacial score (nSPS) is 15.2. The number of aliphatic carboxylic acids is 1. The van der Waals surface area contributed by atoms with Gasteiger partial charge in [0.05, 0.1) is 10.6 Å². The van der Waals surface area contributed by atoms with E-state index in [1.54, 1.807) is 54.6 Å². The Labute approximate surface area is 170 Å². The number of anilines is 1. The lowest BCUT2D eigenvalue weighted by Crippen LogP contribution is -2.27. The van der Waals surface area contributed by atoms with Crippen LogP contribution >= 0.6 is 24.0 Å². The lowest BCUT2D eigenvalue weighted by atomic mass is 10.1. The highest BCUT2D eigenvalue weighted by molar-refractivity contribution is 8.27. The van der Waals surface area contributed by atoms with Gasteiger partial charge in [-0.15, -0.1) is 0 Å². The number of ketones is 1. The van der Waals surface area contributed by atoms with Crippen LogP contribution in [0.1, 0.15) is 22.8 Å². The predicted octanol–water partition coefficient (Wildman–Crippen LogP) is 3.76. The second-order valence-electron chi connectivity index (χ2n) is 5.88. The fourth-order valence-corrected chi connectivity index (χ4v) is 3.84. The molecule has 142 valence electrons. The molecule has 1 N–H and O–H groups in total. The maximum absolute atomic E-state index is 12.9. The third kappa shape index (κ3) is 4.47. The number of nitrogens with zero attached hydrogens (tertiary/aromatic N) is 1. The van der Waals surface area contributed by atoms with E-state index < -0.39 is 12.6 Å². The number of carboxylic acid groups (broad SMARTS) is 1. The van der Waals surface area contributed by atoms with E-state index in [0.29, 0.717) is 31.8 Å². The zero-order valence-electron chi connectivity index (χ0n) is 14.7. The van der Waals surface area contributed by atoms with Gasteiger partial charge in [-0.3, -0.25) is 14.5 Å². The average Bonchev–Trinajstić information content (AvgIpc) is 2.93. The van der Waals surface area contributed by atoms with Crippen LogP contribution < -0.4 is 9.64 Å². The number of Topliss-reactive ketones (excluding diaryl/α,β-unsaturated/α-hetero) is 1. The summed E-state index contributed by atoms with van der Waals surface area (Å²) in [5.74, 6) is -1.06. The lowest BCUT2D eigenvalue weighted by Gasteiger charge is -2.15. The molecular formula is C20H15NO5S2. The van der Waals surface area contributed by atoms with Crippen LogP contribution in [0.25, 0.3) is 6.08 Å². The van der Waals surface area contributed by atoms with Gasteiger partial charge in [0.1, 0.15) is 5.75 Å². The zero-order chi connectivity index (χ0) is 20.3. The van der Waals surface area contributed by atoms with Gasteiger partial charge in [0.15, 0.2) is 16.7 Å². The molecule has 0 atom stereocenters. The topological polar surface area (TPSA) is 83.9 Å². The summed E-state index contributed by atoms with van der Waals surface area (Å²) in [7, 11) is 0. The molecule has 1 saturated heterocycles. The van der Waals surface area contributed by atoms with E-state index in [-0.39, 0.29) is 11.7 Å². The van der Waals surface area contributed by atoms with Crippen molar-refractivity contribution in [2.24, 2.45) is 0 Å². The quantitative estimate of drug-likeness (QED) is 0.438. The number of rotatable bonds is 6. The smallest absolute Gasteiger partial charge is 0.341 e. The van der Waals surface area contributed by atoms with Gasteiger partial charge in [-0.2, -0.15) is 0 Å². The number of hydrogen-bond acceptors (Lipinski definition) is 6. The fraction of sp³-hybridized carbons (Fsp3) is 0.100. The molecule has 28 heavy (non-hydrogen) atoms. The summed E-state index contributed by atoms with van der Waals surface area (Å²) >= 11 is 6.51. The molecule has 1 heterocycles. The summed E-state index contributed by atoms with van der Waals surface area (Å²) in [5, 5.41) is 8.70. The highest BCUT2D eigenvalue weighted by Crippen LogP contribution is 2.36. The molecule has 8 heteroatoms. The van der Waals surface area contributed by atoms with Crippen molar-refractivity contribution >= 4 is 57.7 Å². The van der Waals surface area contributed by atoms with Crippen molar-refractivity contribution in [3.05, 3.63) is 64.6 Å². The van der Waals surface area contributed by atoms with Gasteiger partial charge in [0, 0.05) is 5.56 Å². The van der Waals surface area contributed by atoms with Crippen molar-refractivity contribution in [2.45, 2.75) is 6.92 Å². The molecule has 2 aromatic carbocycles. The van der Waals surface area contributed by atoms with Crippen LogP contribution in [0, 0.1) is 0 Å².